The zero-order valence-corrected chi connectivity index (χ0v) is 11.1. The topological polar surface area (TPSA) is 127 Å². The van der Waals surface area contributed by atoms with Crippen LogP contribution < -0.4 is 0 Å². The highest BCUT2D eigenvalue weighted by Gasteiger charge is 2.22. The summed E-state index contributed by atoms with van der Waals surface area (Å²) in [6.45, 7) is 0. The van der Waals surface area contributed by atoms with Crippen molar-refractivity contribution in [3.05, 3.63) is 23.8 Å². The molecule has 0 fully saturated rings. The molecule has 0 bridgehead atoms. The molecule has 0 radical (unpaired) electrons. The van der Waals surface area contributed by atoms with E-state index in [2.05, 4.69) is 9.97 Å². The van der Waals surface area contributed by atoms with Gasteiger partial charge in [0, 0.05) is 19.0 Å². The van der Waals surface area contributed by atoms with Crippen LogP contribution in [-0.2, 0) is 6.42 Å². The smallest absolute Gasteiger partial charge is 0.315 e. The van der Waals surface area contributed by atoms with E-state index in [9.17, 15) is 13.9 Å². The Morgan fingerprint density at radius 2 is 1.86 bits per heavy atom. The zero-order chi connectivity index (χ0) is 16.0. The summed E-state index contributed by atoms with van der Waals surface area (Å²) >= 11 is 0. The molecule has 1 aromatic rings. The molecule has 0 aromatic carbocycles. The Bertz CT molecular complexity index is 442. The lowest BCUT2D eigenvalue weighted by atomic mass is 10.1. The van der Waals surface area contributed by atoms with Crippen LogP contribution in [-0.4, -0.2) is 54.0 Å². The number of halogens is 2. The van der Waals surface area contributed by atoms with Gasteiger partial charge in [-0.15, -0.1) is 0 Å². The lowest BCUT2D eigenvalue weighted by Crippen LogP contribution is -2.24. The van der Waals surface area contributed by atoms with E-state index in [1.54, 1.807) is 0 Å². The van der Waals surface area contributed by atoms with E-state index >= 15 is 0 Å². The third kappa shape index (κ3) is 6.82. The Kier molecular flexibility index (Phi) is 6.49. The summed E-state index contributed by atoms with van der Waals surface area (Å²) in [5.74, 6) is 0. The fraction of sp³-hybridized carbons (Fsp3) is 0.667. The van der Waals surface area contributed by atoms with Crippen molar-refractivity contribution in [1.82, 2.24) is 9.97 Å². The normalized spacial score (nSPS) is 16.5. The van der Waals surface area contributed by atoms with Crippen molar-refractivity contribution in [2.75, 3.05) is 0 Å². The number of alkyl halides is 2. The summed E-state index contributed by atoms with van der Waals surface area (Å²) in [6.07, 6.45) is -3.67. The average Bonchev–Trinajstić information content (AvgIpc) is 2.37. The maximum atomic E-state index is 12.5. The van der Waals surface area contributed by atoms with E-state index in [0.717, 1.165) is 0 Å². The first kappa shape index (κ1) is 17.8. The van der Waals surface area contributed by atoms with Gasteiger partial charge in [-0.05, 0) is 12.8 Å². The first-order valence-electron chi connectivity index (χ1n) is 6.32. The third-order valence-corrected chi connectivity index (χ3v) is 2.75. The predicted octanol–water partition coefficient (Wildman–Crippen LogP) is -0.521. The number of aliphatic hydroxyl groups excluding tert-OH is 3. The fourth-order valence-electron chi connectivity index (χ4n) is 1.66. The first-order chi connectivity index (χ1) is 9.69. The maximum absolute atomic E-state index is 12.5. The first-order valence-corrected chi connectivity index (χ1v) is 6.32. The molecule has 1 heterocycles. The Morgan fingerprint density at radius 1 is 1.19 bits per heavy atom. The number of rotatable bonds is 8. The van der Waals surface area contributed by atoms with Gasteiger partial charge >= 0.3 is 6.04 Å². The Labute approximate surface area is 119 Å². The SMILES string of the molecule is OC(CC(O)C(O)F)c1cncc(CCCC(O)(O)F)n1. The van der Waals surface area contributed by atoms with Crippen LogP contribution >= 0.6 is 0 Å². The highest BCUT2D eigenvalue weighted by molar-refractivity contribution is 5.06. The zero-order valence-electron chi connectivity index (χ0n) is 11.1. The molecule has 5 N–H and O–H groups in total. The van der Waals surface area contributed by atoms with Crippen molar-refractivity contribution in [2.45, 2.75) is 50.3 Å². The summed E-state index contributed by atoms with van der Waals surface area (Å²) in [7, 11) is 0. The van der Waals surface area contributed by atoms with Gasteiger partial charge in [-0.1, -0.05) is 0 Å². The van der Waals surface area contributed by atoms with Gasteiger partial charge in [-0.2, -0.15) is 4.39 Å². The van der Waals surface area contributed by atoms with Gasteiger partial charge in [-0.25, -0.2) is 4.39 Å². The van der Waals surface area contributed by atoms with Gasteiger partial charge in [0.1, 0.15) is 12.2 Å². The monoisotopic (exact) mass is 308 g/mol. The van der Waals surface area contributed by atoms with E-state index in [4.69, 9.17) is 20.4 Å². The lowest BCUT2D eigenvalue weighted by molar-refractivity contribution is -0.262. The maximum Gasteiger partial charge on any atom is 0.315 e. The largest absolute Gasteiger partial charge is 0.387 e. The third-order valence-electron chi connectivity index (χ3n) is 2.75. The second kappa shape index (κ2) is 7.66. The van der Waals surface area contributed by atoms with Crippen molar-refractivity contribution >= 4 is 0 Å². The van der Waals surface area contributed by atoms with E-state index in [-0.39, 0.29) is 18.5 Å². The average molecular weight is 308 g/mol. The van der Waals surface area contributed by atoms with E-state index in [1.807, 2.05) is 0 Å². The summed E-state index contributed by atoms with van der Waals surface area (Å²) in [5, 5.41) is 44.4. The van der Waals surface area contributed by atoms with Crippen molar-refractivity contribution in [3.63, 3.8) is 0 Å². The van der Waals surface area contributed by atoms with Gasteiger partial charge in [0.05, 0.1) is 17.6 Å². The molecule has 9 heteroatoms. The molecule has 0 aliphatic heterocycles. The summed E-state index contributed by atoms with van der Waals surface area (Å²) in [6, 6.07) is -3.24. The number of aryl methyl sites for hydroxylation is 1. The van der Waals surface area contributed by atoms with Crippen LogP contribution in [0.15, 0.2) is 12.4 Å². The van der Waals surface area contributed by atoms with E-state index in [0.29, 0.717) is 5.69 Å². The van der Waals surface area contributed by atoms with Crippen molar-refractivity contribution in [3.8, 4) is 0 Å². The van der Waals surface area contributed by atoms with Gasteiger partial charge in [-0.3, -0.25) is 9.97 Å². The number of aliphatic hydroxyl groups is 5. The highest BCUT2D eigenvalue weighted by atomic mass is 19.2. The molecule has 0 aliphatic rings. The fourth-order valence-corrected chi connectivity index (χ4v) is 1.66. The van der Waals surface area contributed by atoms with Crippen LogP contribution in [0.3, 0.4) is 0 Å². The standard InChI is InChI=1S/C12H18F2N2O5/c13-11(19)10(18)4-9(17)8-6-15-5-7(16-8)2-1-3-12(14,20)21/h5-6,9-11,17-21H,1-4H2. The van der Waals surface area contributed by atoms with E-state index < -0.39 is 37.4 Å². The molecule has 7 nitrogen and oxygen atoms in total. The van der Waals surface area contributed by atoms with Gasteiger partial charge in [0.15, 0.2) is 0 Å². The Balaban J connectivity index is 2.59. The van der Waals surface area contributed by atoms with Gasteiger partial charge in [0.2, 0.25) is 6.36 Å². The summed E-state index contributed by atoms with van der Waals surface area (Å²) < 4.78 is 24.9. The van der Waals surface area contributed by atoms with Crippen molar-refractivity contribution < 1.29 is 34.3 Å². The lowest BCUT2D eigenvalue weighted by Gasteiger charge is -2.16. The number of hydrogen-bond donors (Lipinski definition) is 5. The molecule has 1 rings (SSSR count). The molecule has 0 aliphatic carbocycles. The van der Waals surface area contributed by atoms with Gasteiger partial charge < -0.3 is 25.5 Å². The molecule has 1 aromatic heterocycles. The number of hydrogen-bond acceptors (Lipinski definition) is 7. The van der Waals surface area contributed by atoms with Crippen LogP contribution in [0, 0.1) is 0 Å². The second-order valence-corrected chi connectivity index (χ2v) is 4.70. The quantitative estimate of drug-likeness (QED) is 0.409. The molecular weight excluding hydrogens is 290 g/mol. The van der Waals surface area contributed by atoms with Crippen LogP contribution in [0.1, 0.15) is 36.8 Å². The minimum absolute atomic E-state index is 0.0618. The van der Waals surface area contributed by atoms with Crippen LogP contribution in [0.25, 0.3) is 0 Å². The molecule has 120 valence electrons. The highest BCUT2D eigenvalue weighted by Crippen LogP contribution is 2.19. The van der Waals surface area contributed by atoms with Crippen molar-refractivity contribution in [2.24, 2.45) is 0 Å². The molecular formula is C12H18F2N2O5. The minimum Gasteiger partial charge on any atom is -0.387 e. The molecule has 3 atom stereocenters. The number of nitrogens with zero attached hydrogens (tertiary/aromatic N) is 2. The van der Waals surface area contributed by atoms with Crippen LogP contribution in [0.2, 0.25) is 0 Å². The Hall–Kier alpha value is -1.26. The molecule has 3 unspecified atom stereocenters. The molecule has 0 saturated heterocycles. The minimum atomic E-state index is -3.24. The molecule has 0 amide bonds. The van der Waals surface area contributed by atoms with Crippen LogP contribution in [0.5, 0.6) is 0 Å². The Morgan fingerprint density at radius 3 is 2.43 bits per heavy atom. The van der Waals surface area contributed by atoms with Crippen molar-refractivity contribution in [1.29, 1.82) is 0 Å². The molecule has 21 heavy (non-hydrogen) atoms. The molecule has 0 saturated carbocycles. The number of aromatic nitrogens is 2. The van der Waals surface area contributed by atoms with E-state index in [1.165, 1.54) is 12.4 Å². The van der Waals surface area contributed by atoms with Crippen LogP contribution in [0.4, 0.5) is 8.78 Å². The second-order valence-electron chi connectivity index (χ2n) is 4.70. The predicted molar refractivity (Wildman–Crippen MR) is 65.9 cm³/mol. The summed E-state index contributed by atoms with van der Waals surface area (Å²) in [4.78, 5) is 7.79. The molecule has 0 spiro atoms. The van der Waals surface area contributed by atoms with Gasteiger partial charge in [0.25, 0.3) is 0 Å². The summed E-state index contributed by atoms with van der Waals surface area (Å²) in [5.41, 5.74) is 0.429.